The molecule has 0 radical (unpaired) electrons. The van der Waals surface area contributed by atoms with Crippen molar-refractivity contribution >= 4 is 5.95 Å². The first-order valence-corrected chi connectivity index (χ1v) is 6.78. The van der Waals surface area contributed by atoms with Gasteiger partial charge in [-0.05, 0) is 18.3 Å². The first kappa shape index (κ1) is 15.7. The third-order valence-electron chi connectivity index (χ3n) is 2.43. The number of ether oxygens (including phenoxy) is 1. The van der Waals surface area contributed by atoms with Crippen molar-refractivity contribution in [2.24, 2.45) is 5.41 Å². The maximum absolute atomic E-state index is 9.91. The zero-order valence-corrected chi connectivity index (χ0v) is 12.3. The molecule has 0 aliphatic carbocycles. The van der Waals surface area contributed by atoms with E-state index in [4.69, 9.17) is 4.74 Å². The summed E-state index contributed by atoms with van der Waals surface area (Å²) < 4.78 is 5.43. The maximum Gasteiger partial charge on any atom is 0.226 e. The van der Waals surface area contributed by atoms with Gasteiger partial charge < -0.3 is 15.2 Å². The molecule has 1 unspecified atom stereocenters. The minimum Gasteiger partial charge on any atom is -0.478 e. The van der Waals surface area contributed by atoms with Crippen molar-refractivity contribution < 1.29 is 9.84 Å². The predicted molar refractivity (Wildman–Crippen MR) is 76.4 cm³/mol. The SMILES string of the molecule is CCCOc1ccnc(NCC(O)CC(C)(C)C)n1. The fraction of sp³-hybridized carbons (Fsp3) is 0.714. The van der Waals surface area contributed by atoms with Gasteiger partial charge in [0.2, 0.25) is 11.8 Å². The highest BCUT2D eigenvalue weighted by Gasteiger charge is 2.16. The fourth-order valence-corrected chi connectivity index (χ4v) is 1.70. The van der Waals surface area contributed by atoms with Crippen molar-refractivity contribution in [3.63, 3.8) is 0 Å². The molecule has 1 heterocycles. The molecule has 0 bridgehead atoms. The smallest absolute Gasteiger partial charge is 0.226 e. The van der Waals surface area contributed by atoms with Crippen LogP contribution in [0.3, 0.4) is 0 Å². The number of hydrogen-bond acceptors (Lipinski definition) is 5. The Morgan fingerprint density at radius 2 is 2.16 bits per heavy atom. The Labute approximate surface area is 115 Å². The molecule has 5 nitrogen and oxygen atoms in total. The zero-order chi connectivity index (χ0) is 14.3. The first-order chi connectivity index (χ1) is 8.90. The Bertz CT molecular complexity index is 377. The van der Waals surface area contributed by atoms with E-state index >= 15 is 0 Å². The second-order valence-corrected chi connectivity index (χ2v) is 5.87. The minimum absolute atomic E-state index is 0.105. The highest BCUT2D eigenvalue weighted by molar-refractivity contribution is 5.27. The summed E-state index contributed by atoms with van der Waals surface area (Å²) in [6.07, 6.45) is 2.91. The number of hydrogen-bond donors (Lipinski definition) is 2. The van der Waals surface area contributed by atoms with E-state index in [1.165, 1.54) is 0 Å². The monoisotopic (exact) mass is 267 g/mol. The van der Waals surface area contributed by atoms with Gasteiger partial charge in [0.1, 0.15) is 0 Å². The lowest BCUT2D eigenvalue weighted by Gasteiger charge is -2.22. The van der Waals surface area contributed by atoms with E-state index in [0.717, 1.165) is 12.8 Å². The van der Waals surface area contributed by atoms with Gasteiger partial charge in [-0.1, -0.05) is 27.7 Å². The highest BCUT2D eigenvalue weighted by Crippen LogP contribution is 2.20. The summed E-state index contributed by atoms with van der Waals surface area (Å²) >= 11 is 0. The summed E-state index contributed by atoms with van der Waals surface area (Å²) in [7, 11) is 0. The molecular formula is C14H25N3O2. The average Bonchev–Trinajstić information content (AvgIpc) is 2.32. The van der Waals surface area contributed by atoms with E-state index in [1.807, 2.05) is 6.92 Å². The molecule has 0 saturated heterocycles. The molecule has 1 aromatic rings. The van der Waals surface area contributed by atoms with Gasteiger partial charge in [-0.25, -0.2) is 4.98 Å². The van der Waals surface area contributed by atoms with E-state index in [0.29, 0.717) is 25.0 Å². The predicted octanol–water partition coefficient (Wildman–Crippen LogP) is 2.47. The van der Waals surface area contributed by atoms with Gasteiger partial charge >= 0.3 is 0 Å². The van der Waals surface area contributed by atoms with Gasteiger partial charge in [0.25, 0.3) is 0 Å². The van der Waals surface area contributed by atoms with E-state index in [9.17, 15) is 5.11 Å². The quantitative estimate of drug-likeness (QED) is 0.794. The van der Waals surface area contributed by atoms with Gasteiger partial charge in [0, 0.05) is 18.8 Å². The van der Waals surface area contributed by atoms with Crippen LogP contribution in [0.4, 0.5) is 5.95 Å². The molecule has 1 atom stereocenters. The third kappa shape index (κ3) is 6.96. The highest BCUT2D eigenvalue weighted by atomic mass is 16.5. The third-order valence-corrected chi connectivity index (χ3v) is 2.43. The Kier molecular flexibility index (Phi) is 6.02. The molecule has 0 spiro atoms. The molecule has 0 saturated carbocycles. The Hall–Kier alpha value is -1.36. The van der Waals surface area contributed by atoms with Crippen molar-refractivity contribution in [2.75, 3.05) is 18.5 Å². The Balaban J connectivity index is 2.44. The van der Waals surface area contributed by atoms with Crippen molar-refractivity contribution in [2.45, 2.75) is 46.6 Å². The van der Waals surface area contributed by atoms with Crippen LogP contribution in [0, 0.1) is 5.41 Å². The van der Waals surface area contributed by atoms with Crippen LogP contribution >= 0.6 is 0 Å². The lowest BCUT2D eigenvalue weighted by molar-refractivity contribution is 0.132. The van der Waals surface area contributed by atoms with Crippen LogP contribution in [-0.2, 0) is 0 Å². The molecular weight excluding hydrogens is 242 g/mol. The van der Waals surface area contributed by atoms with Crippen molar-refractivity contribution in [3.05, 3.63) is 12.3 Å². The summed E-state index contributed by atoms with van der Waals surface area (Å²) in [6.45, 7) is 9.44. The average molecular weight is 267 g/mol. The molecule has 0 aliphatic rings. The van der Waals surface area contributed by atoms with E-state index in [-0.39, 0.29) is 5.41 Å². The van der Waals surface area contributed by atoms with Crippen LogP contribution in [0.15, 0.2) is 12.3 Å². The largest absolute Gasteiger partial charge is 0.478 e. The standard InChI is InChI=1S/C14H25N3O2/c1-5-8-19-12-6-7-15-13(17-12)16-10-11(18)9-14(2,3)4/h6-7,11,18H,5,8-10H2,1-4H3,(H,15,16,17). The number of nitrogens with zero attached hydrogens (tertiary/aromatic N) is 2. The summed E-state index contributed by atoms with van der Waals surface area (Å²) in [5.41, 5.74) is 0.105. The first-order valence-electron chi connectivity index (χ1n) is 6.78. The lowest BCUT2D eigenvalue weighted by atomic mass is 9.89. The van der Waals surface area contributed by atoms with Gasteiger partial charge in [-0.15, -0.1) is 0 Å². The molecule has 1 aromatic heterocycles. The lowest BCUT2D eigenvalue weighted by Crippen LogP contribution is -2.25. The molecule has 5 heteroatoms. The van der Waals surface area contributed by atoms with Crippen LogP contribution in [-0.4, -0.2) is 34.3 Å². The number of anilines is 1. The van der Waals surface area contributed by atoms with Crippen LogP contribution in [0.5, 0.6) is 5.88 Å². The molecule has 2 N–H and O–H groups in total. The van der Waals surface area contributed by atoms with Crippen molar-refractivity contribution in [1.29, 1.82) is 0 Å². The molecule has 0 aliphatic heterocycles. The van der Waals surface area contributed by atoms with Crippen molar-refractivity contribution in [3.8, 4) is 5.88 Å². The van der Waals surface area contributed by atoms with E-state index in [1.54, 1.807) is 12.3 Å². The number of aromatic nitrogens is 2. The summed E-state index contributed by atoms with van der Waals surface area (Å²) in [6, 6.07) is 1.73. The molecule has 0 amide bonds. The van der Waals surface area contributed by atoms with Gasteiger partial charge in [-0.3, -0.25) is 0 Å². The maximum atomic E-state index is 9.91. The normalized spacial score (nSPS) is 13.1. The topological polar surface area (TPSA) is 67.3 Å². The van der Waals surface area contributed by atoms with E-state index in [2.05, 4.69) is 36.1 Å². The van der Waals surface area contributed by atoms with Gasteiger partial charge in [-0.2, -0.15) is 4.98 Å². The molecule has 19 heavy (non-hydrogen) atoms. The number of rotatable bonds is 7. The van der Waals surface area contributed by atoms with Crippen LogP contribution < -0.4 is 10.1 Å². The van der Waals surface area contributed by atoms with Gasteiger partial charge in [0.15, 0.2) is 0 Å². The molecule has 108 valence electrons. The second-order valence-electron chi connectivity index (χ2n) is 5.87. The molecule has 0 fully saturated rings. The minimum atomic E-state index is -0.413. The molecule has 1 rings (SSSR count). The zero-order valence-electron chi connectivity index (χ0n) is 12.3. The summed E-state index contributed by atoms with van der Waals surface area (Å²) in [5.74, 6) is 1.05. The summed E-state index contributed by atoms with van der Waals surface area (Å²) in [5, 5.41) is 12.9. The van der Waals surface area contributed by atoms with Crippen molar-refractivity contribution in [1.82, 2.24) is 9.97 Å². The van der Waals surface area contributed by atoms with Crippen LogP contribution in [0.1, 0.15) is 40.5 Å². The number of nitrogens with one attached hydrogen (secondary N) is 1. The number of aliphatic hydroxyl groups is 1. The molecule has 0 aromatic carbocycles. The second kappa shape index (κ2) is 7.28. The Morgan fingerprint density at radius 1 is 1.42 bits per heavy atom. The van der Waals surface area contributed by atoms with Crippen LogP contribution in [0.2, 0.25) is 0 Å². The van der Waals surface area contributed by atoms with Crippen LogP contribution in [0.25, 0.3) is 0 Å². The number of aliphatic hydroxyl groups excluding tert-OH is 1. The van der Waals surface area contributed by atoms with Gasteiger partial charge in [0.05, 0.1) is 12.7 Å². The van der Waals surface area contributed by atoms with E-state index < -0.39 is 6.10 Å². The Morgan fingerprint density at radius 3 is 2.79 bits per heavy atom. The summed E-state index contributed by atoms with van der Waals surface area (Å²) in [4.78, 5) is 8.33. The fourth-order valence-electron chi connectivity index (χ4n) is 1.70.